The standard InChI is InChI=1S/C24H28N6O/c1-2-25-24(27-15-19-14-23(31)29-21-11-7-6-10-20(19)21)28-16-22-26-12-13-30(22)17-18-8-4-3-5-9-18/h3-13,19H,2,14-17H2,1H3,(H,29,31)(H2,25,27,28). The third-order valence-electron chi connectivity index (χ3n) is 5.34. The third-order valence-corrected chi connectivity index (χ3v) is 5.34. The zero-order valence-corrected chi connectivity index (χ0v) is 17.7. The number of fused-ring (bicyclic) bond motifs is 1. The normalized spacial score (nSPS) is 15.8. The molecule has 31 heavy (non-hydrogen) atoms. The number of rotatable bonds is 7. The molecule has 160 valence electrons. The largest absolute Gasteiger partial charge is 0.357 e. The van der Waals surface area contributed by atoms with Crippen molar-refractivity contribution in [2.75, 3.05) is 18.4 Å². The second kappa shape index (κ2) is 9.93. The number of benzene rings is 2. The molecule has 1 atom stereocenters. The maximum absolute atomic E-state index is 12.1. The minimum absolute atomic E-state index is 0.0513. The van der Waals surface area contributed by atoms with Gasteiger partial charge in [0.15, 0.2) is 5.96 Å². The van der Waals surface area contributed by atoms with Gasteiger partial charge in [0.2, 0.25) is 5.91 Å². The lowest BCUT2D eigenvalue weighted by atomic mass is 9.90. The number of imidazole rings is 1. The Morgan fingerprint density at radius 3 is 2.81 bits per heavy atom. The lowest BCUT2D eigenvalue weighted by molar-refractivity contribution is -0.116. The van der Waals surface area contributed by atoms with Gasteiger partial charge in [0.1, 0.15) is 12.4 Å². The van der Waals surface area contributed by atoms with Crippen LogP contribution in [0.15, 0.2) is 72.0 Å². The van der Waals surface area contributed by atoms with E-state index in [1.807, 2.05) is 55.7 Å². The summed E-state index contributed by atoms with van der Waals surface area (Å²) in [5, 5.41) is 9.64. The molecule has 0 fully saturated rings. The molecular formula is C24H28N6O. The first kappa shape index (κ1) is 20.7. The maximum Gasteiger partial charge on any atom is 0.225 e. The predicted octanol–water partition coefficient (Wildman–Crippen LogP) is 3.11. The van der Waals surface area contributed by atoms with Crippen LogP contribution in [-0.2, 0) is 17.9 Å². The lowest BCUT2D eigenvalue weighted by Crippen LogP contribution is -2.40. The molecule has 7 heteroatoms. The zero-order chi connectivity index (χ0) is 21.5. The number of carbonyl (C=O) groups is 1. The number of para-hydroxylation sites is 1. The minimum atomic E-state index is 0.0513. The van der Waals surface area contributed by atoms with Crippen LogP contribution < -0.4 is 16.0 Å². The van der Waals surface area contributed by atoms with E-state index in [1.54, 1.807) is 0 Å². The quantitative estimate of drug-likeness (QED) is 0.408. The van der Waals surface area contributed by atoms with E-state index in [0.29, 0.717) is 19.5 Å². The second-order valence-electron chi connectivity index (χ2n) is 7.57. The number of guanidine groups is 1. The fourth-order valence-corrected chi connectivity index (χ4v) is 3.81. The third kappa shape index (κ3) is 5.31. The van der Waals surface area contributed by atoms with Gasteiger partial charge in [-0.2, -0.15) is 0 Å². The number of carbonyl (C=O) groups excluding carboxylic acids is 1. The number of amides is 1. The van der Waals surface area contributed by atoms with Crippen molar-refractivity contribution in [3.05, 3.63) is 83.9 Å². The highest BCUT2D eigenvalue weighted by Crippen LogP contribution is 2.31. The summed E-state index contributed by atoms with van der Waals surface area (Å²) in [6.45, 7) is 4.66. The Bertz CT molecular complexity index is 1040. The average Bonchev–Trinajstić information content (AvgIpc) is 3.23. The minimum Gasteiger partial charge on any atom is -0.357 e. The fraction of sp³-hybridized carbons (Fsp3) is 0.292. The average molecular weight is 417 g/mol. The van der Waals surface area contributed by atoms with Crippen molar-refractivity contribution in [2.45, 2.75) is 32.4 Å². The van der Waals surface area contributed by atoms with E-state index in [1.165, 1.54) is 5.56 Å². The van der Waals surface area contributed by atoms with E-state index in [0.717, 1.165) is 36.1 Å². The van der Waals surface area contributed by atoms with E-state index >= 15 is 0 Å². The SMILES string of the molecule is CCNC(=NCc1nccn1Cc1ccccc1)NCC1CC(=O)Nc2ccccc21. The molecule has 2 aromatic carbocycles. The Morgan fingerprint density at radius 1 is 1.16 bits per heavy atom. The Kier molecular flexibility index (Phi) is 6.62. The molecule has 1 unspecified atom stereocenters. The molecule has 1 aliphatic rings. The van der Waals surface area contributed by atoms with Crippen LogP contribution in [0.2, 0.25) is 0 Å². The molecule has 7 nitrogen and oxygen atoms in total. The van der Waals surface area contributed by atoms with Gasteiger partial charge < -0.3 is 20.5 Å². The Balaban J connectivity index is 1.42. The van der Waals surface area contributed by atoms with Gasteiger partial charge in [-0.25, -0.2) is 9.98 Å². The number of aliphatic imine (C=N–C) groups is 1. The Morgan fingerprint density at radius 2 is 1.97 bits per heavy atom. The van der Waals surface area contributed by atoms with Gasteiger partial charge in [0.05, 0.1) is 0 Å². The Labute approximate surface area is 182 Å². The first-order chi connectivity index (χ1) is 15.2. The smallest absolute Gasteiger partial charge is 0.225 e. The number of hydrogen-bond donors (Lipinski definition) is 3. The van der Waals surface area contributed by atoms with E-state index < -0.39 is 0 Å². The molecule has 3 N–H and O–H groups in total. The summed E-state index contributed by atoms with van der Waals surface area (Å²) in [6, 6.07) is 18.3. The molecule has 0 saturated heterocycles. The number of anilines is 1. The van der Waals surface area contributed by atoms with Gasteiger partial charge in [-0.15, -0.1) is 0 Å². The highest BCUT2D eigenvalue weighted by atomic mass is 16.1. The van der Waals surface area contributed by atoms with Crippen molar-refractivity contribution in [3.63, 3.8) is 0 Å². The van der Waals surface area contributed by atoms with Crippen LogP contribution in [0.3, 0.4) is 0 Å². The molecule has 0 aliphatic carbocycles. The van der Waals surface area contributed by atoms with Crippen molar-refractivity contribution in [3.8, 4) is 0 Å². The van der Waals surface area contributed by atoms with Crippen molar-refractivity contribution < 1.29 is 4.79 Å². The summed E-state index contributed by atoms with van der Waals surface area (Å²) in [6.07, 6.45) is 4.26. The summed E-state index contributed by atoms with van der Waals surface area (Å²) in [4.78, 5) is 21.3. The molecular weight excluding hydrogens is 388 g/mol. The van der Waals surface area contributed by atoms with E-state index in [4.69, 9.17) is 4.99 Å². The van der Waals surface area contributed by atoms with E-state index in [-0.39, 0.29) is 11.8 Å². The monoisotopic (exact) mass is 416 g/mol. The van der Waals surface area contributed by atoms with Gasteiger partial charge in [-0.1, -0.05) is 48.5 Å². The van der Waals surface area contributed by atoms with Crippen LogP contribution >= 0.6 is 0 Å². The number of aromatic nitrogens is 2. The van der Waals surface area contributed by atoms with E-state index in [2.05, 4.69) is 43.7 Å². The van der Waals surface area contributed by atoms with Gasteiger partial charge in [-0.05, 0) is 24.1 Å². The van der Waals surface area contributed by atoms with Crippen molar-refractivity contribution in [2.24, 2.45) is 4.99 Å². The van der Waals surface area contributed by atoms with Gasteiger partial charge in [0.25, 0.3) is 0 Å². The van der Waals surface area contributed by atoms with Gasteiger partial charge in [0, 0.05) is 50.1 Å². The topological polar surface area (TPSA) is 83.3 Å². The van der Waals surface area contributed by atoms with E-state index in [9.17, 15) is 4.79 Å². The summed E-state index contributed by atoms with van der Waals surface area (Å²) < 4.78 is 2.12. The summed E-state index contributed by atoms with van der Waals surface area (Å²) in [7, 11) is 0. The summed E-state index contributed by atoms with van der Waals surface area (Å²) >= 11 is 0. The van der Waals surface area contributed by atoms with Gasteiger partial charge >= 0.3 is 0 Å². The molecule has 1 aliphatic heterocycles. The molecule has 0 bridgehead atoms. The van der Waals surface area contributed by atoms with Crippen LogP contribution in [0.5, 0.6) is 0 Å². The molecule has 4 rings (SSSR count). The predicted molar refractivity (Wildman–Crippen MR) is 123 cm³/mol. The molecule has 0 radical (unpaired) electrons. The van der Waals surface area contributed by atoms with Crippen molar-refractivity contribution in [1.82, 2.24) is 20.2 Å². The molecule has 3 aromatic rings. The number of hydrogen-bond acceptors (Lipinski definition) is 3. The number of nitrogens with zero attached hydrogens (tertiary/aromatic N) is 3. The van der Waals surface area contributed by atoms with Crippen LogP contribution in [0.25, 0.3) is 0 Å². The van der Waals surface area contributed by atoms with Crippen LogP contribution in [-0.4, -0.2) is 34.5 Å². The summed E-state index contributed by atoms with van der Waals surface area (Å²) in [5.74, 6) is 1.79. The second-order valence-corrected chi connectivity index (χ2v) is 7.57. The summed E-state index contributed by atoms with van der Waals surface area (Å²) in [5.41, 5.74) is 3.28. The molecule has 1 amide bonds. The molecule has 0 spiro atoms. The molecule has 0 saturated carbocycles. The fourth-order valence-electron chi connectivity index (χ4n) is 3.81. The van der Waals surface area contributed by atoms with Crippen LogP contribution in [0.1, 0.15) is 36.2 Å². The maximum atomic E-state index is 12.1. The lowest BCUT2D eigenvalue weighted by Gasteiger charge is -2.26. The highest BCUT2D eigenvalue weighted by Gasteiger charge is 2.24. The first-order valence-corrected chi connectivity index (χ1v) is 10.7. The first-order valence-electron chi connectivity index (χ1n) is 10.7. The highest BCUT2D eigenvalue weighted by molar-refractivity contribution is 5.94. The number of nitrogens with one attached hydrogen (secondary N) is 3. The Hall–Kier alpha value is -3.61. The van der Waals surface area contributed by atoms with Crippen LogP contribution in [0.4, 0.5) is 5.69 Å². The molecule has 2 heterocycles. The van der Waals surface area contributed by atoms with Crippen LogP contribution in [0, 0.1) is 0 Å². The van der Waals surface area contributed by atoms with Crippen molar-refractivity contribution in [1.29, 1.82) is 0 Å². The molecule has 1 aromatic heterocycles. The van der Waals surface area contributed by atoms with Gasteiger partial charge in [-0.3, -0.25) is 4.79 Å². The van der Waals surface area contributed by atoms with Crippen molar-refractivity contribution >= 4 is 17.6 Å². The zero-order valence-electron chi connectivity index (χ0n) is 17.7.